The van der Waals surface area contributed by atoms with Gasteiger partial charge < -0.3 is 5.11 Å². The second-order valence-electron chi connectivity index (χ2n) is 5.41. The maximum absolute atomic E-state index is 12.9. The summed E-state index contributed by atoms with van der Waals surface area (Å²) in [6.45, 7) is 3.98. The van der Waals surface area contributed by atoms with Gasteiger partial charge in [0, 0.05) is 0 Å². The highest BCUT2D eigenvalue weighted by Crippen LogP contribution is 2.43. The Bertz CT molecular complexity index is 227. The van der Waals surface area contributed by atoms with Gasteiger partial charge in [-0.2, -0.15) is 13.2 Å². The molecule has 0 saturated heterocycles. The molecule has 0 heterocycles. The van der Waals surface area contributed by atoms with Crippen molar-refractivity contribution >= 4 is 0 Å². The zero-order chi connectivity index (χ0) is 13.1. The lowest BCUT2D eigenvalue weighted by molar-refractivity contribution is -0.207. The van der Waals surface area contributed by atoms with E-state index >= 15 is 0 Å². The van der Waals surface area contributed by atoms with Gasteiger partial charge in [0.05, 0.1) is 12.0 Å². The van der Waals surface area contributed by atoms with Crippen molar-refractivity contribution in [3.05, 3.63) is 0 Å². The molecule has 0 aromatic heterocycles. The van der Waals surface area contributed by atoms with E-state index in [-0.39, 0.29) is 6.42 Å². The molecule has 1 N–H and O–H groups in total. The molecular formula is C13H23F3O. The summed E-state index contributed by atoms with van der Waals surface area (Å²) in [4.78, 5) is 0. The Morgan fingerprint density at radius 2 is 1.82 bits per heavy atom. The molecule has 4 atom stereocenters. The summed E-state index contributed by atoms with van der Waals surface area (Å²) in [5, 5.41) is 10.0. The quantitative estimate of drug-likeness (QED) is 0.796. The maximum atomic E-state index is 12.9. The van der Waals surface area contributed by atoms with Gasteiger partial charge in [-0.1, -0.05) is 33.1 Å². The summed E-state index contributed by atoms with van der Waals surface area (Å²) in [5.41, 5.74) is 0. The summed E-state index contributed by atoms with van der Waals surface area (Å²) in [5.74, 6) is -1.59. The fourth-order valence-electron chi connectivity index (χ4n) is 2.78. The van der Waals surface area contributed by atoms with E-state index in [1.54, 1.807) is 0 Å². The SMILES string of the molecule is CCC(C)CC(O)C1CCCCC1C(F)(F)F. The van der Waals surface area contributed by atoms with Crippen molar-refractivity contribution in [1.29, 1.82) is 0 Å². The predicted molar refractivity (Wildman–Crippen MR) is 61.6 cm³/mol. The zero-order valence-electron chi connectivity index (χ0n) is 10.6. The molecule has 1 rings (SSSR count). The number of hydrogen-bond acceptors (Lipinski definition) is 1. The van der Waals surface area contributed by atoms with E-state index in [4.69, 9.17) is 0 Å². The Labute approximate surface area is 101 Å². The van der Waals surface area contributed by atoms with Crippen molar-refractivity contribution in [2.75, 3.05) is 0 Å². The van der Waals surface area contributed by atoms with Crippen LogP contribution in [0.1, 0.15) is 52.4 Å². The van der Waals surface area contributed by atoms with E-state index in [2.05, 4.69) is 0 Å². The predicted octanol–water partition coefficient (Wildman–Crippen LogP) is 4.15. The number of hydrogen-bond donors (Lipinski definition) is 1. The Morgan fingerprint density at radius 1 is 1.24 bits per heavy atom. The normalized spacial score (nSPS) is 30.0. The molecule has 1 nitrogen and oxygen atoms in total. The smallest absolute Gasteiger partial charge is 0.392 e. The molecule has 0 spiro atoms. The van der Waals surface area contributed by atoms with Crippen molar-refractivity contribution in [2.45, 2.75) is 64.7 Å². The van der Waals surface area contributed by atoms with Crippen LogP contribution in [0.4, 0.5) is 13.2 Å². The lowest BCUT2D eigenvalue weighted by Gasteiger charge is -2.36. The Kier molecular flexibility index (Phi) is 5.29. The molecule has 0 aliphatic heterocycles. The number of aliphatic hydroxyl groups is 1. The molecule has 0 aromatic carbocycles. The molecule has 0 radical (unpaired) electrons. The Balaban J connectivity index is 2.64. The van der Waals surface area contributed by atoms with E-state index < -0.39 is 24.1 Å². The van der Waals surface area contributed by atoms with Crippen LogP contribution in [0, 0.1) is 17.8 Å². The maximum Gasteiger partial charge on any atom is 0.392 e. The highest BCUT2D eigenvalue weighted by molar-refractivity contribution is 4.85. The second kappa shape index (κ2) is 6.07. The van der Waals surface area contributed by atoms with Crippen molar-refractivity contribution in [3.63, 3.8) is 0 Å². The summed E-state index contributed by atoms with van der Waals surface area (Å²) < 4.78 is 38.6. The Morgan fingerprint density at radius 3 is 2.35 bits per heavy atom. The largest absolute Gasteiger partial charge is 0.393 e. The topological polar surface area (TPSA) is 20.2 Å². The van der Waals surface area contributed by atoms with Gasteiger partial charge in [0.15, 0.2) is 0 Å². The molecule has 17 heavy (non-hydrogen) atoms. The highest BCUT2D eigenvalue weighted by atomic mass is 19.4. The fraction of sp³-hybridized carbons (Fsp3) is 1.00. The third-order valence-electron chi connectivity index (χ3n) is 4.07. The molecule has 1 saturated carbocycles. The summed E-state index contributed by atoms with van der Waals surface area (Å²) in [6, 6.07) is 0. The van der Waals surface area contributed by atoms with Gasteiger partial charge in [-0.05, 0) is 31.1 Å². The van der Waals surface area contributed by atoms with Gasteiger partial charge in [-0.25, -0.2) is 0 Å². The number of aliphatic hydroxyl groups excluding tert-OH is 1. The van der Waals surface area contributed by atoms with Gasteiger partial charge in [0.2, 0.25) is 0 Å². The van der Waals surface area contributed by atoms with Crippen LogP contribution in [-0.4, -0.2) is 17.4 Å². The minimum atomic E-state index is -4.15. The van der Waals surface area contributed by atoms with Gasteiger partial charge in [-0.3, -0.25) is 0 Å². The van der Waals surface area contributed by atoms with Crippen LogP contribution in [0.25, 0.3) is 0 Å². The van der Waals surface area contributed by atoms with Crippen LogP contribution in [0.15, 0.2) is 0 Å². The molecule has 0 amide bonds. The third kappa shape index (κ3) is 4.16. The first-order valence-electron chi connectivity index (χ1n) is 6.61. The molecular weight excluding hydrogens is 229 g/mol. The van der Waals surface area contributed by atoms with Crippen LogP contribution >= 0.6 is 0 Å². The average Bonchev–Trinajstić information content (AvgIpc) is 2.27. The lowest BCUT2D eigenvalue weighted by Crippen LogP contribution is -2.39. The zero-order valence-corrected chi connectivity index (χ0v) is 10.6. The number of rotatable bonds is 4. The molecule has 1 aliphatic rings. The van der Waals surface area contributed by atoms with Crippen molar-refractivity contribution < 1.29 is 18.3 Å². The van der Waals surface area contributed by atoms with Crippen LogP contribution in [0.3, 0.4) is 0 Å². The molecule has 1 fully saturated rings. The van der Waals surface area contributed by atoms with Crippen molar-refractivity contribution in [2.24, 2.45) is 17.8 Å². The number of halogens is 3. The van der Waals surface area contributed by atoms with E-state index in [0.717, 1.165) is 12.8 Å². The molecule has 0 bridgehead atoms. The van der Waals surface area contributed by atoms with Gasteiger partial charge >= 0.3 is 6.18 Å². The minimum Gasteiger partial charge on any atom is -0.393 e. The molecule has 0 aromatic rings. The Hall–Kier alpha value is -0.250. The van der Waals surface area contributed by atoms with Crippen molar-refractivity contribution in [1.82, 2.24) is 0 Å². The van der Waals surface area contributed by atoms with Gasteiger partial charge in [0.1, 0.15) is 0 Å². The first kappa shape index (κ1) is 14.8. The van der Waals surface area contributed by atoms with Crippen LogP contribution in [0.2, 0.25) is 0 Å². The molecule has 4 unspecified atom stereocenters. The standard InChI is InChI=1S/C13H23F3O/c1-3-9(2)8-12(17)10-6-4-5-7-11(10)13(14,15)16/h9-12,17H,3-8H2,1-2H3. The first-order valence-corrected chi connectivity index (χ1v) is 6.61. The summed E-state index contributed by atoms with van der Waals surface area (Å²) in [6.07, 6.45) is -1.40. The van der Waals surface area contributed by atoms with Crippen LogP contribution in [0.5, 0.6) is 0 Å². The monoisotopic (exact) mass is 252 g/mol. The molecule has 102 valence electrons. The summed E-state index contributed by atoms with van der Waals surface area (Å²) >= 11 is 0. The van der Waals surface area contributed by atoms with E-state index in [1.807, 2.05) is 13.8 Å². The third-order valence-corrected chi connectivity index (χ3v) is 4.07. The minimum absolute atomic E-state index is 0.186. The van der Waals surface area contributed by atoms with Crippen LogP contribution < -0.4 is 0 Å². The van der Waals surface area contributed by atoms with Gasteiger partial charge in [0.25, 0.3) is 0 Å². The van der Waals surface area contributed by atoms with Gasteiger partial charge in [-0.15, -0.1) is 0 Å². The molecule has 1 aliphatic carbocycles. The second-order valence-corrected chi connectivity index (χ2v) is 5.41. The molecule has 4 heteroatoms. The van der Waals surface area contributed by atoms with E-state index in [1.165, 1.54) is 0 Å². The lowest BCUT2D eigenvalue weighted by atomic mass is 9.74. The number of alkyl halides is 3. The summed E-state index contributed by atoms with van der Waals surface area (Å²) in [7, 11) is 0. The van der Waals surface area contributed by atoms with E-state index in [0.29, 0.717) is 25.2 Å². The highest BCUT2D eigenvalue weighted by Gasteiger charge is 2.47. The first-order chi connectivity index (χ1) is 7.86. The van der Waals surface area contributed by atoms with E-state index in [9.17, 15) is 18.3 Å². The van der Waals surface area contributed by atoms with Crippen molar-refractivity contribution in [3.8, 4) is 0 Å². The van der Waals surface area contributed by atoms with Crippen LogP contribution in [-0.2, 0) is 0 Å². The average molecular weight is 252 g/mol. The fourth-order valence-corrected chi connectivity index (χ4v) is 2.78.